The van der Waals surface area contributed by atoms with Crippen molar-refractivity contribution < 1.29 is 31.5 Å². The van der Waals surface area contributed by atoms with Gasteiger partial charge in [0.25, 0.3) is 10.0 Å². The molecule has 0 atom stereocenters. The second kappa shape index (κ2) is 10.7. The van der Waals surface area contributed by atoms with Crippen LogP contribution in [0.15, 0.2) is 61.4 Å². The lowest BCUT2D eigenvalue weighted by Crippen LogP contribution is -2.35. The Morgan fingerprint density at radius 1 is 1.30 bits per heavy atom. The SMILES string of the molecule is COc1c(C=CC(=O)NCc2ccco2)c(NS(=O)(=O)c2nccs2)cc2cc(N3CCOCC3)oc12. The Morgan fingerprint density at radius 3 is 2.84 bits per heavy atom. The molecule has 1 aromatic carbocycles. The van der Waals surface area contributed by atoms with E-state index in [4.69, 9.17) is 18.3 Å². The van der Waals surface area contributed by atoms with Crippen molar-refractivity contribution in [2.45, 2.75) is 10.9 Å². The number of carbonyl (C=O) groups is 1. The van der Waals surface area contributed by atoms with Gasteiger partial charge in [0.05, 0.1) is 38.8 Å². The minimum absolute atomic E-state index is 0.0844. The fourth-order valence-corrected chi connectivity index (χ4v) is 5.79. The molecule has 4 aromatic rings. The van der Waals surface area contributed by atoms with Crippen molar-refractivity contribution in [3.8, 4) is 5.75 Å². The molecule has 0 spiro atoms. The third kappa shape index (κ3) is 5.48. The zero-order valence-electron chi connectivity index (χ0n) is 19.8. The molecule has 1 saturated heterocycles. The number of methoxy groups -OCH3 is 1. The van der Waals surface area contributed by atoms with Gasteiger partial charge in [0.15, 0.2) is 17.2 Å². The van der Waals surface area contributed by atoms with E-state index >= 15 is 0 Å². The van der Waals surface area contributed by atoms with Crippen LogP contribution in [0.4, 0.5) is 11.6 Å². The number of hydrogen-bond donors (Lipinski definition) is 2. The average Bonchev–Trinajstić information content (AvgIpc) is 3.68. The van der Waals surface area contributed by atoms with E-state index in [1.165, 1.54) is 31.7 Å². The minimum atomic E-state index is -3.98. The number of rotatable bonds is 9. The van der Waals surface area contributed by atoms with Crippen molar-refractivity contribution in [1.29, 1.82) is 0 Å². The van der Waals surface area contributed by atoms with Crippen LogP contribution < -0.4 is 19.7 Å². The molecule has 3 aromatic heterocycles. The van der Waals surface area contributed by atoms with E-state index in [0.29, 0.717) is 54.5 Å². The van der Waals surface area contributed by atoms with Gasteiger partial charge < -0.3 is 28.5 Å². The van der Waals surface area contributed by atoms with Crippen LogP contribution in [0, 0.1) is 0 Å². The number of furan rings is 2. The van der Waals surface area contributed by atoms with E-state index < -0.39 is 15.9 Å². The predicted octanol–water partition coefficient (Wildman–Crippen LogP) is 3.46. The number of sulfonamides is 1. The summed E-state index contributed by atoms with van der Waals surface area (Å²) < 4.78 is 51.0. The van der Waals surface area contributed by atoms with Gasteiger partial charge in [0, 0.05) is 47.8 Å². The summed E-state index contributed by atoms with van der Waals surface area (Å²) in [5.41, 5.74) is 0.965. The molecule has 5 rings (SSSR count). The van der Waals surface area contributed by atoms with Gasteiger partial charge in [-0.15, -0.1) is 11.3 Å². The standard InChI is InChI=1S/C24H24N4O7S2/c1-32-23-18(4-5-20(29)26-15-17-3-2-9-34-17)19(27-37(30,31)24-25-6-12-36-24)13-16-14-21(35-22(16)23)28-7-10-33-11-8-28/h2-6,9,12-14,27H,7-8,10-11,15H2,1H3,(H,26,29). The largest absolute Gasteiger partial charge is 0.492 e. The smallest absolute Gasteiger partial charge is 0.289 e. The van der Waals surface area contributed by atoms with E-state index in [2.05, 4.69) is 15.0 Å². The fourth-order valence-electron chi connectivity index (χ4n) is 3.88. The first-order chi connectivity index (χ1) is 17.9. The number of hydrogen-bond acceptors (Lipinski definition) is 10. The summed E-state index contributed by atoms with van der Waals surface area (Å²) in [7, 11) is -2.52. The first kappa shape index (κ1) is 24.9. The normalized spacial score (nSPS) is 14.4. The van der Waals surface area contributed by atoms with Gasteiger partial charge in [-0.05, 0) is 24.3 Å². The molecule has 37 heavy (non-hydrogen) atoms. The molecule has 1 amide bonds. The molecular formula is C24H24N4O7S2. The maximum Gasteiger partial charge on any atom is 0.289 e. The van der Waals surface area contributed by atoms with Gasteiger partial charge in [0.2, 0.25) is 10.2 Å². The summed E-state index contributed by atoms with van der Waals surface area (Å²) in [6.07, 6.45) is 5.71. The van der Waals surface area contributed by atoms with E-state index in [1.807, 2.05) is 11.0 Å². The van der Waals surface area contributed by atoms with Crippen molar-refractivity contribution in [2.24, 2.45) is 0 Å². The van der Waals surface area contributed by atoms with Gasteiger partial charge in [-0.25, -0.2) is 4.98 Å². The number of thiazole rings is 1. The molecule has 1 aliphatic heterocycles. The van der Waals surface area contributed by atoms with Crippen molar-refractivity contribution in [2.75, 3.05) is 43.0 Å². The zero-order chi connectivity index (χ0) is 25.8. The summed E-state index contributed by atoms with van der Waals surface area (Å²) in [5, 5.41) is 4.93. The summed E-state index contributed by atoms with van der Waals surface area (Å²) in [5.74, 6) is 1.09. The molecule has 0 radical (unpaired) electrons. The zero-order valence-corrected chi connectivity index (χ0v) is 21.4. The van der Waals surface area contributed by atoms with Crippen molar-refractivity contribution >= 4 is 55.9 Å². The molecule has 4 heterocycles. The van der Waals surface area contributed by atoms with Crippen LogP contribution in [0.2, 0.25) is 0 Å². The first-order valence-electron chi connectivity index (χ1n) is 11.3. The van der Waals surface area contributed by atoms with Crippen LogP contribution in [-0.2, 0) is 26.1 Å². The van der Waals surface area contributed by atoms with Crippen LogP contribution >= 0.6 is 11.3 Å². The number of anilines is 2. The number of carbonyl (C=O) groups excluding carboxylic acids is 1. The third-order valence-corrected chi connectivity index (χ3v) is 8.18. The van der Waals surface area contributed by atoms with Crippen LogP contribution in [0.1, 0.15) is 11.3 Å². The number of benzene rings is 1. The highest BCUT2D eigenvalue weighted by Gasteiger charge is 2.24. The fraction of sp³-hybridized carbons (Fsp3) is 0.250. The Labute approximate surface area is 216 Å². The highest BCUT2D eigenvalue weighted by atomic mass is 32.2. The Kier molecular flexibility index (Phi) is 7.17. The highest BCUT2D eigenvalue weighted by Crippen LogP contribution is 2.41. The Hall–Kier alpha value is -3.81. The molecule has 2 N–H and O–H groups in total. The summed E-state index contributed by atoms with van der Waals surface area (Å²) in [4.78, 5) is 18.5. The third-order valence-electron chi connectivity index (χ3n) is 5.62. The van der Waals surface area contributed by atoms with E-state index in [1.54, 1.807) is 23.6 Å². The van der Waals surface area contributed by atoms with Crippen LogP contribution in [0.5, 0.6) is 5.75 Å². The van der Waals surface area contributed by atoms with Gasteiger partial charge in [-0.3, -0.25) is 9.52 Å². The molecule has 1 aliphatic rings. The molecule has 0 bridgehead atoms. The van der Waals surface area contributed by atoms with Crippen LogP contribution in [0.25, 0.3) is 17.0 Å². The van der Waals surface area contributed by atoms with E-state index in [9.17, 15) is 13.2 Å². The molecular weight excluding hydrogens is 520 g/mol. The summed E-state index contributed by atoms with van der Waals surface area (Å²) >= 11 is 0.994. The van der Waals surface area contributed by atoms with Gasteiger partial charge in [-0.1, -0.05) is 0 Å². The number of aromatic nitrogens is 1. The second-order valence-electron chi connectivity index (χ2n) is 8.01. The molecule has 1 fully saturated rings. The predicted molar refractivity (Wildman–Crippen MR) is 138 cm³/mol. The quantitative estimate of drug-likeness (QED) is 0.304. The Morgan fingerprint density at radius 2 is 2.14 bits per heavy atom. The molecule has 0 aliphatic carbocycles. The number of ether oxygens (including phenoxy) is 2. The lowest BCUT2D eigenvalue weighted by atomic mass is 10.1. The molecule has 0 saturated carbocycles. The van der Waals surface area contributed by atoms with Gasteiger partial charge in [-0.2, -0.15) is 8.42 Å². The molecule has 194 valence electrons. The molecule has 13 heteroatoms. The molecule has 11 nitrogen and oxygen atoms in total. The lowest BCUT2D eigenvalue weighted by molar-refractivity contribution is -0.116. The minimum Gasteiger partial charge on any atom is -0.492 e. The van der Waals surface area contributed by atoms with E-state index in [0.717, 1.165) is 11.3 Å². The van der Waals surface area contributed by atoms with Crippen molar-refractivity contribution in [1.82, 2.24) is 10.3 Å². The average molecular weight is 545 g/mol. The number of amides is 1. The van der Waals surface area contributed by atoms with Crippen LogP contribution in [-0.4, -0.2) is 52.7 Å². The topological polar surface area (TPSA) is 136 Å². The second-order valence-corrected chi connectivity index (χ2v) is 10.8. The Balaban J connectivity index is 1.53. The molecule has 0 unspecified atom stereocenters. The monoisotopic (exact) mass is 544 g/mol. The number of nitrogens with zero attached hydrogens (tertiary/aromatic N) is 2. The lowest BCUT2D eigenvalue weighted by Gasteiger charge is -2.26. The van der Waals surface area contributed by atoms with E-state index in [-0.39, 0.29) is 22.3 Å². The van der Waals surface area contributed by atoms with Crippen LogP contribution in [0.3, 0.4) is 0 Å². The number of fused-ring (bicyclic) bond motifs is 1. The van der Waals surface area contributed by atoms with Gasteiger partial charge >= 0.3 is 0 Å². The number of nitrogens with one attached hydrogen (secondary N) is 2. The van der Waals surface area contributed by atoms with Gasteiger partial charge in [0.1, 0.15) is 5.76 Å². The van der Waals surface area contributed by atoms with Crippen molar-refractivity contribution in [3.05, 3.63) is 59.5 Å². The maximum atomic E-state index is 13.0. The first-order valence-corrected chi connectivity index (χ1v) is 13.7. The highest BCUT2D eigenvalue weighted by molar-refractivity contribution is 7.94. The maximum absolute atomic E-state index is 13.0. The summed E-state index contributed by atoms with van der Waals surface area (Å²) in [6, 6.07) is 6.95. The summed E-state index contributed by atoms with van der Waals surface area (Å²) in [6.45, 7) is 2.68. The van der Waals surface area contributed by atoms with Crippen molar-refractivity contribution in [3.63, 3.8) is 0 Å². The Bertz CT molecular complexity index is 1500. The number of morpholine rings is 1.